The third-order valence-electron chi connectivity index (χ3n) is 3.52. The van der Waals surface area contributed by atoms with Gasteiger partial charge in [-0.25, -0.2) is 0 Å². The lowest BCUT2D eigenvalue weighted by Gasteiger charge is -2.12. The van der Waals surface area contributed by atoms with Crippen LogP contribution < -0.4 is 9.47 Å². The zero-order chi connectivity index (χ0) is 14.3. The molecule has 0 spiro atoms. The van der Waals surface area contributed by atoms with Crippen LogP contribution in [0.2, 0.25) is 0 Å². The Morgan fingerprint density at radius 1 is 1.15 bits per heavy atom. The lowest BCUT2D eigenvalue weighted by Crippen LogP contribution is -1.91. The SMILES string of the molecule is CCc1cc2c(O)c3c(OC)c(OC)ccc3cc2o1. The standard InChI is InChI=1S/C16H16O4/c1-4-10-8-11-13(20-10)7-9-5-6-12(18-2)16(19-3)14(9)15(11)17/h5-8,17H,4H2,1-3H3. The topological polar surface area (TPSA) is 51.8 Å². The summed E-state index contributed by atoms with van der Waals surface area (Å²) >= 11 is 0. The quantitative estimate of drug-likeness (QED) is 0.786. The summed E-state index contributed by atoms with van der Waals surface area (Å²) in [6.07, 6.45) is 0.783. The minimum atomic E-state index is 0.164. The van der Waals surface area contributed by atoms with Crippen molar-refractivity contribution < 1.29 is 19.0 Å². The van der Waals surface area contributed by atoms with Gasteiger partial charge in [0.1, 0.15) is 17.1 Å². The summed E-state index contributed by atoms with van der Waals surface area (Å²) in [6, 6.07) is 7.47. The molecule has 20 heavy (non-hydrogen) atoms. The molecule has 0 radical (unpaired) electrons. The van der Waals surface area contributed by atoms with Crippen molar-refractivity contribution in [3.05, 3.63) is 30.0 Å². The van der Waals surface area contributed by atoms with Gasteiger partial charge in [-0.1, -0.05) is 13.0 Å². The molecule has 0 saturated carbocycles. The van der Waals surface area contributed by atoms with Crippen molar-refractivity contribution in [3.8, 4) is 17.2 Å². The number of furan rings is 1. The molecule has 4 nitrogen and oxygen atoms in total. The number of fused-ring (bicyclic) bond motifs is 2. The summed E-state index contributed by atoms with van der Waals surface area (Å²) in [4.78, 5) is 0. The Morgan fingerprint density at radius 2 is 1.95 bits per heavy atom. The lowest BCUT2D eigenvalue weighted by atomic mass is 10.0. The molecule has 0 aliphatic carbocycles. The number of phenolic OH excluding ortho intramolecular Hbond substituents is 1. The average Bonchev–Trinajstić information content (AvgIpc) is 2.89. The molecule has 104 valence electrons. The molecule has 4 heteroatoms. The maximum atomic E-state index is 10.6. The molecule has 0 aliphatic rings. The van der Waals surface area contributed by atoms with Crippen molar-refractivity contribution >= 4 is 21.7 Å². The molecule has 0 fully saturated rings. The van der Waals surface area contributed by atoms with Crippen LogP contribution in [0.3, 0.4) is 0 Å². The second-order valence-corrected chi connectivity index (χ2v) is 4.60. The van der Waals surface area contributed by atoms with Gasteiger partial charge in [-0.3, -0.25) is 0 Å². The molecule has 2 aromatic carbocycles. The molecule has 1 aromatic heterocycles. The van der Waals surface area contributed by atoms with Crippen molar-refractivity contribution in [2.75, 3.05) is 14.2 Å². The van der Waals surface area contributed by atoms with E-state index in [4.69, 9.17) is 13.9 Å². The van der Waals surface area contributed by atoms with E-state index in [1.165, 1.54) is 0 Å². The zero-order valence-electron chi connectivity index (χ0n) is 11.7. The molecule has 0 aliphatic heterocycles. The first kappa shape index (κ1) is 12.7. The number of hydrogen-bond donors (Lipinski definition) is 1. The van der Waals surface area contributed by atoms with Crippen LogP contribution in [-0.2, 0) is 6.42 Å². The molecular weight excluding hydrogens is 256 g/mol. The summed E-state index contributed by atoms with van der Waals surface area (Å²) in [5.41, 5.74) is 0.680. The van der Waals surface area contributed by atoms with Gasteiger partial charge in [0.15, 0.2) is 11.5 Å². The highest BCUT2D eigenvalue weighted by molar-refractivity contribution is 6.07. The van der Waals surface area contributed by atoms with E-state index in [2.05, 4.69) is 0 Å². The van der Waals surface area contributed by atoms with E-state index < -0.39 is 0 Å². The minimum absolute atomic E-state index is 0.164. The van der Waals surface area contributed by atoms with Gasteiger partial charge < -0.3 is 19.0 Å². The van der Waals surface area contributed by atoms with Crippen LogP contribution in [0.25, 0.3) is 21.7 Å². The number of phenols is 1. The molecule has 0 unspecified atom stereocenters. The molecule has 0 atom stereocenters. The van der Waals surface area contributed by atoms with Crippen LogP contribution in [0.15, 0.2) is 28.7 Å². The van der Waals surface area contributed by atoms with E-state index in [1.54, 1.807) is 14.2 Å². The largest absolute Gasteiger partial charge is 0.506 e. The number of aromatic hydroxyl groups is 1. The molecule has 3 aromatic rings. The third-order valence-corrected chi connectivity index (χ3v) is 3.52. The van der Waals surface area contributed by atoms with Gasteiger partial charge in [-0.2, -0.15) is 0 Å². The number of ether oxygens (including phenoxy) is 2. The highest BCUT2D eigenvalue weighted by Gasteiger charge is 2.17. The van der Waals surface area contributed by atoms with Gasteiger partial charge in [-0.05, 0) is 23.6 Å². The van der Waals surface area contributed by atoms with Gasteiger partial charge >= 0.3 is 0 Å². The maximum absolute atomic E-state index is 10.6. The van der Waals surface area contributed by atoms with Gasteiger partial charge in [0.25, 0.3) is 0 Å². The van der Waals surface area contributed by atoms with Crippen LogP contribution in [0.4, 0.5) is 0 Å². The maximum Gasteiger partial charge on any atom is 0.172 e. The summed E-state index contributed by atoms with van der Waals surface area (Å²) in [7, 11) is 3.14. The second kappa shape index (κ2) is 4.63. The van der Waals surface area contributed by atoms with Crippen molar-refractivity contribution in [1.29, 1.82) is 0 Å². The van der Waals surface area contributed by atoms with Crippen molar-refractivity contribution in [1.82, 2.24) is 0 Å². The highest BCUT2D eigenvalue weighted by Crippen LogP contribution is 2.44. The van der Waals surface area contributed by atoms with E-state index in [1.807, 2.05) is 31.2 Å². The Morgan fingerprint density at radius 3 is 2.60 bits per heavy atom. The molecule has 1 heterocycles. The number of benzene rings is 2. The monoisotopic (exact) mass is 272 g/mol. The summed E-state index contributed by atoms with van der Waals surface area (Å²) in [6.45, 7) is 2.01. The van der Waals surface area contributed by atoms with E-state index >= 15 is 0 Å². The minimum Gasteiger partial charge on any atom is -0.506 e. The Kier molecular flexibility index (Phi) is 2.93. The smallest absolute Gasteiger partial charge is 0.172 e. The fourth-order valence-electron chi connectivity index (χ4n) is 2.51. The van der Waals surface area contributed by atoms with Crippen LogP contribution in [0.1, 0.15) is 12.7 Å². The number of methoxy groups -OCH3 is 2. The van der Waals surface area contributed by atoms with Crippen LogP contribution in [-0.4, -0.2) is 19.3 Å². The molecule has 1 N–H and O–H groups in total. The molecule has 3 rings (SSSR count). The van der Waals surface area contributed by atoms with Crippen LogP contribution in [0.5, 0.6) is 17.2 Å². The number of rotatable bonds is 3. The first-order chi connectivity index (χ1) is 9.69. The Bertz CT molecular complexity index is 786. The van der Waals surface area contributed by atoms with Crippen molar-refractivity contribution in [2.45, 2.75) is 13.3 Å². The summed E-state index contributed by atoms with van der Waals surface area (Å²) < 4.78 is 16.4. The summed E-state index contributed by atoms with van der Waals surface area (Å²) in [5, 5.41) is 12.7. The van der Waals surface area contributed by atoms with E-state index in [0.29, 0.717) is 27.9 Å². The zero-order valence-corrected chi connectivity index (χ0v) is 11.7. The Labute approximate surface area is 116 Å². The third kappa shape index (κ3) is 1.68. The first-order valence-electron chi connectivity index (χ1n) is 6.48. The predicted molar refractivity (Wildman–Crippen MR) is 77.9 cm³/mol. The fourth-order valence-corrected chi connectivity index (χ4v) is 2.51. The molecular formula is C16H16O4. The number of hydrogen-bond acceptors (Lipinski definition) is 4. The van der Waals surface area contributed by atoms with Crippen molar-refractivity contribution in [3.63, 3.8) is 0 Å². The first-order valence-corrected chi connectivity index (χ1v) is 6.48. The fraction of sp³-hybridized carbons (Fsp3) is 0.250. The van der Waals surface area contributed by atoms with Gasteiger partial charge in [0, 0.05) is 6.42 Å². The van der Waals surface area contributed by atoms with Crippen LogP contribution in [0, 0.1) is 0 Å². The van der Waals surface area contributed by atoms with E-state index in [0.717, 1.165) is 17.6 Å². The normalized spacial score (nSPS) is 11.2. The number of aryl methyl sites for hydroxylation is 1. The molecule has 0 saturated heterocycles. The summed E-state index contributed by atoms with van der Waals surface area (Å²) in [5.74, 6) is 2.13. The Hall–Kier alpha value is -2.36. The highest BCUT2D eigenvalue weighted by atomic mass is 16.5. The molecule has 0 amide bonds. The average molecular weight is 272 g/mol. The van der Waals surface area contributed by atoms with E-state index in [9.17, 15) is 5.11 Å². The Balaban J connectivity index is 2.45. The van der Waals surface area contributed by atoms with Crippen LogP contribution >= 0.6 is 0 Å². The second-order valence-electron chi connectivity index (χ2n) is 4.60. The van der Waals surface area contributed by atoms with Gasteiger partial charge in [0.2, 0.25) is 0 Å². The predicted octanol–water partition coefficient (Wildman–Crippen LogP) is 3.87. The van der Waals surface area contributed by atoms with Crippen molar-refractivity contribution in [2.24, 2.45) is 0 Å². The van der Waals surface area contributed by atoms with E-state index in [-0.39, 0.29) is 5.75 Å². The molecule has 0 bridgehead atoms. The van der Waals surface area contributed by atoms with Gasteiger partial charge in [-0.15, -0.1) is 0 Å². The van der Waals surface area contributed by atoms with Gasteiger partial charge in [0.05, 0.1) is 25.0 Å². The lowest BCUT2D eigenvalue weighted by molar-refractivity contribution is 0.357.